The number of rotatable bonds is 2. The molecule has 21 heavy (non-hydrogen) atoms. The van der Waals surface area contributed by atoms with Crippen LogP contribution in [0.2, 0.25) is 0 Å². The lowest BCUT2D eigenvalue weighted by atomic mass is 9.76. The first-order chi connectivity index (χ1) is 9.75. The topological polar surface area (TPSA) is 104 Å². The fourth-order valence-corrected chi connectivity index (χ4v) is 3.52. The molecule has 2 rings (SSSR count). The second-order valence-corrected chi connectivity index (χ2v) is 6.56. The molecule has 2 saturated heterocycles. The molecule has 0 aromatic heterocycles. The first kappa shape index (κ1) is 15.6. The fourth-order valence-electron chi connectivity index (χ4n) is 3.52. The minimum Gasteiger partial charge on any atom is -0.480 e. The maximum atomic E-state index is 12.7. The number of primary amides is 1. The highest BCUT2D eigenvalue weighted by atomic mass is 16.4. The van der Waals surface area contributed by atoms with Crippen molar-refractivity contribution >= 4 is 17.9 Å². The lowest BCUT2D eigenvalue weighted by Gasteiger charge is -2.45. The van der Waals surface area contributed by atoms with Gasteiger partial charge in [0.15, 0.2) is 0 Å². The van der Waals surface area contributed by atoms with Crippen LogP contribution in [0.3, 0.4) is 0 Å². The Hall–Kier alpha value is -1.79. The number of hydrogen-bond donors (Lipinski definition) is 2. The second-order valence-electron chi connectivity index (χ2n) is 6.56. The molecule has 2 unspecified atom stereocenters. The fraction of sp³-hybridized carbons (Fsp3) is 0.786. The average molecular weight is 297 g/mol. The van der Waals surface area contributed by atoms with Crippen molar-refractivity contribution in [2.24, 2.45) is 11.1 Å². The van der Waals surface area contributed by atoms with E-state index in [1.165, 1.54) is 9.80 Å². The molecule has 2 heterocycles. The van der Waals surface area contributed by atoms with E-state index >= 15 is 0 Å². The Bertz CT molecular complexity index is 463. The number of likely N-dealkylation sites (tertiary alicyclic amines) is 2. The smallest absolute Gasteiger partial charge is 0.327 e. The largest absolute Gasteiger partial charge is 0.480 e. The van der Waals surface area contributed by atoms with E-state index in [1.54, 1.807) is 0 Å². The standard InChI is InChI=1S/C14H23N3O4/c1-14(2)6-4-8-17(10(14)12(19)20)13(21)16-7-3-5-9(16)11(15)18/h9-10H,3-8H2,1-2H3,(H2,15,18)(H,19,20). The number of carbonyl (C=O) groups excluding carboxylic acids is 2. The summed E-state index contributed by atoms with van der Waals surface area (Å²) in [6.45, 7) is 4.58. The quantitative estimate of drug-likeness (QED) is 0.780. The van der Waals surface area contributed by atoms with Gasteiger partial charge in [-0.2, -0.15) is 0 Å². The summed E-state index contributed by atoms with van der Waals surface area (Å²) in [7, 11) is 0. The van der Waals surface area contributed by atoms with Gasteiger partial charge in [-0.05, 0) is 31.1 Å². The Labute approximate surface area is 124 Å². The number of nitrogens with zero attached hydrogens (tertiary/aromatic N) is 2. The summed E-state index contributed by atoms with van der Waals surface area (Å²) in [6.07, 6.45) is 2.79. The molecule has 0 saturated carbocycles. The monoisotopic (exact) mass is 297 g/mol. The molecular weight excluding hydrogens is 274 g/mol. The third kappa shape index (κ3) is 2.82. The lowest BCUT2D eigenvalue weighted by molar-refractivity contribution is -0.148. The van der Waals surface area contributed by atoms with Crippen molar-refractivity contribution in [3.05, 3.63) is 0 Å². The van der Waals surface area contributed by atoms with Crippen LogP contribution in [0.1, 0.15) is 39.5 Å². The maximum Gasteiger partial charge on any atom is 0.327 e. The van der Waals surface area contributed by atoms with Crippen LogP contribution in [-0.4, -0.2) is 58.0 Å². The molecular formula is C14H23N3O4. The van der Waals surface area contributed by atoms with Gasteiger partial charge < -0.3 is 20.6 Å². The Morgan fingerprint density at radius 3 is 2.33 bits per heavy atom. The summed E-state index contributed by atoms with van der Waals surface area (Å²) in [4.78, 5) is 38.6. The minimum absolute atomic E-state index is 0.378. The molecule has 2 fully saturated rings. The van der Waals surface area contributed by atoms with Crippen molar-refractivity contribution in [1.29, 1.82) is 0 Å². The normalized spacial score (nSPS) is 28.5. The van der Waals surface area contributed by atoms with Crippen molar-refractivity contribution in [3.63, 3.8) is 0 Å². The molecule has 0 spiro atoms. The van der Waals surface area contributed by atoms with Gasteiger partial charge in [0.1, 0.15) is 12.1 Å². The van der Waals surface area contributed by atoms with Gasteiger partial charge in [0, 0.05) is 13.1 Å². The van der Waals surface area contributed by atoms with Crippen LogP contribution in [0.25, 0.3) is 0 Å². The first-order valence-corrected chi connectivity index (χ1v) is 7.35. The van der Waals surface area contributed by atoms with Gasteiger partial charge in [-0.1, -0.05) is 13.8 Å². The molecule has 2 aliphatic heterocycles. The number of nitrogens with two attached hydrogens (primary N) is 1. The zero-order valence-corrected chi connectivity index (χ0v) is 12.5. The predicted molar refractivity (Wildman–Crippen MR) is 75.5 cm³/mol. The van der Waals surface area contributed by atoms with Crippen LogP contribution in [0, 0.1) is 5.41 Å². The second kappa shape index (κ2) is 5.54. The van der Waals surface area contributed by atoms with Gasteiger partial charge in [0.2, 0.25) is 5.91 Å². The maximum absolute atomic E-state index is 12.7. The van der Waals surface area contributed by atoms with E-state index in [2.05, 4.69) is 0 Å². The summed E-state index contributed by atoms with van der Waals surface area (Å²) in [5.41, 5.74) is 4.85. The zero-order chi connectivity index (χ0) is 15.8. The molecule has 3 amide bonds. The predicted octanol–water partition coefficient (Wildman–Crippen LogP) is 0.631. The molecule has 0 radical (unpaired) electrons. The third-order valence-electron chi connectivity index (χ3n) is 4.58. The van der Waals surface area contributed by atoms with E-state index in [9.17, 15) is 19.5 Å². The van der Waals surface area contributed by atoms with Gasteiger partial charge in [-0.3, -0.25) is 4.79 Å². The first-order valence-electron chi connectivity index (χ1n) is 7.35. The van der Waals surface area contributed by atoms with Crippen LogP contribution in [0.4, 0.5) is 4.79 Å². The average Bonchev–Trinajstić information content (AvgIpc) is 2.85. The summed E-state index contributed by atoms with van der Waals surface area (Å²) in [5.74, 6) is -1.52. The molecule has 7 nitrogen and oxygen atoms in total. The van der Waals surface area contributed by atoms with Crippen LogP contribution in [-0.2, 0) is 9.59 Å². The van der Waals surface area contributed by atoms with Gasteiger partial charge in [0.05, 0.1) is 0 Å². The number of aliphatic carboxylic acids is 1. The number of carbonyl (C=O) groups is 3. The molecule has 0 aromatic rings. The minimum atomic E-state index is -0.997. The number of urea groups is 1. The highest BCUT2D eigenvalue weighted by Crippen LogP contribution is 2.36. The molecule has 0 aromatic carbocycles. The van der Waals surface area contributed by atoms with Gasteiger partial charge >= 0.3 is 12.0 Å². The van der Waals surface area contributed by atoms with Crippen LogP contribution in [0.15, 0.2) is 0 Å². The summed E-state index contributed by atoms with van der Waals surface area (Å²) >= 11 is 0. The SMILES string of the molecule is CC1(C)CCCN(C(=O)N2CCCC2C(N)=O)C1C(=O)O. The van der Waals surface area contributed by atoms with Gasteiger partial charge in [0.25, 0.3) is 0 Å². The van der Waals surface area contributed by atoms with Crippen LogP contribution >= 0.6 is 0 Å². The summed E-state index contributed by atoms with van der Waals surface area (Å²) in [5, 5.41) is 9.51. The molecule has 3 N–H and O–H groups in total. The Morgan fingerprint density at radius 1 is 1.14 bits per heavy atom. The Morgan fingerprint density at radius 2 is 1.76 bits per heavy atom. The number of amides is 3. The number of piperidine rings is 1. The van der Waals surface area contributed by atoms with E-state index in [0.29, 0.717) is 25.9 Å². The van der Waals surface area contributed by atoms with Gasteiger partial charge in [-0.15, -0.1) is 0 Å². The van der Waals surface area contributed by atoms with E-state index in [-0.39, 0.29) is 6.03 Å². The van der Waals surface area contributed by atoms with Gasteiger partial charge in [-0.25, -0.2) is 9.59 Å². The number of carboxylic acid groups (broad SMARTS) is 1. The molecule has 118 valence electrons. The van der Waals surface area contributed by atoms with Crippen molar-refractivity contribution in [3.8, 4) is 0 Å². The zero-order valence-electron chi connectivity index (χ0n) is 12.5. The number of hydrogen-bond acceptors (Lipinski definition) is 3. The van der Waals surface area contributed by atoms with E-state index in [0.717, 1.165) is 12.8 Å². The highest BCUT2D eigenvalue weighted by Gasteiger charge is 2.47. The molecule has 2 atom stereocenters. The Balaban J connectivity index is 2.24. The van der Waals surface area contributed by atoms with Crippen molar-refractivity contribution in [2.75, 3.05) is 13.1 Å². The number of carboxylic acids is 1. The van der Waals surface area contributed by atoms with E-state index in [4.69, 9.17) is 5.73 Å². The lowest BCUT2D eigenvalue weighted by Crippen LogP contribution is -2.60. The van der Waals surface area contributed by atoms with Crippen molar-refractivity contribution < 1.29 is 19.5 Å². The summed E-state index contributed by atoms with van der Waals surface area (Å²) < 4.78 is 0. The van der Waals surface area contributed by atoms with Crippen LogP contribution in [0.5, 0.6) is 0 Å². The Kier molecular flexibility index (Phi) is 4.11. The molecule has 7 heteroatoms. The van der Waals surface area contributed by atoms with Crippen LogP contribution < -0.4 is 5.73 Å². The van der Waals surface area contributed by atoms with E-state index < -0.39 is 29.4 Å². The van der Waals surface area contributed by atoms with Crippen molar-refractivity contribution in [1.82, 2.24) is 9.80 Å². The molecule has 2 aliphatic rings. The molecule has 0 aliphatic carbocycles. The molecule has 0 bridgehead atoms. The van der Waals surface area contributed by atoms with E-state index in [1.807, 2.05) is 13.8 Å². The third-order valence-corrected chi connectivity index (χ3v) is 4.58. The van der Waals surface area contributed by atoms with Crippen molar-refractivity contribution in [2.45, 2.75) is 51.6 Å². The summed E-state index contributed by atoms with van der Waals surface area (Å²) in [6, 6.07) is -1.86. The highest BCUT2D eigenvalue weighted by molar-refractivity contribution is 5.89.